The quantitative estimate of drug-likeness (QED) is 0.164. The van der Waals surface area contributed by atoms with Crippen molar-refractivity contribution < 1.29 is 74.9 Å². The monoisotopic (exact) mass is 814 g/mol. The number of rotatable bonds is 12. The van der Waals surface area contributed by atoms with Gasteiger partial charge >= 0.3 is 30.3 Å². The summed E-state index contributed by atoms with van der Waals surface area (Å²) in [5.74, 6) is -7.94. The number of amides is 2. The number of nitrogens with two attached hydrogens (primary N) is 1. The number of carboxylic acid groups (broad SMARTS) is 2. The van der Waals surface area contributed by atoms with Gasteiger partial charge in [0.1, 0.15) is 11.4 Å². The molecule has 1 aliphatic heterocycles. The van der Waals surface area contributed by atoms with Crippen LogP contribution in [0.4, 0.5) is 36.4 Å². The zero-order chi connectivity index (χ0) is 43.2. The molecule has 1 fully saturated rings. The first-order valence-corrected chi connectivity index (χ1v) is 16.8. The molecule has 2 amide bonds. The fraction of sp³-hybridized carbons (Fsp3) is 0.405. The minimum Gasteiger partial charge on any atom is -0.481 e. The maximum absolute atomic E-state index is 14.3. The van der Waals surface area contributed by atoms with Gasteiger partial charge in [-0.05, 0) is 93.6 Å². The molecule has 4 rings (SSSR count). The molecule has 1 unspecified atom stereocenters. The van der Waals surface area contributed by atoms with E-state index in [0.29, 0.717) is 17.7 Å². The molecule has 1 aliphatic rings. The number of nitrogens with zero attached hydrogens (tertiary/aromatic N) is 3. The third-order valence-corrected chi connectivity index (χ3v) is 9.92. The Morgan fingerprint density at radius 3 is 1.98 bits per heavy atom. The predicted octanol–water partition coefficient (Wildman–Crippen LogP) is 5.69. The lowest BCUT2D eigenvalue weighted by Crippen LogP contribution is -2.53. The van der Waals surface area contributed by atoms with Crippen molar-refractivity contribution in [1.82, 2.24) is 10.0 Å². The lowest BCUT2D eigenvalue weighted by Gasteiger charge is -2.35. The van der Waals surface area contributed by atoms with Gasteiger partial charge in [-0.1, -0.05) is 6.07 Å². The van der Waals surface area contributed by atoms with Crippen LogP contribution in [0.25, 0.3) is 11.1 Å². The molecule has 3 aromatic rings. The van der Waals surface area contributed by atoms with Crippen molar-refractivity contribution in [2.45, 2.75) is 88.3 Å². The molecule has 308 valence electrons. The van der Waals surface area contributed by atoms with Crippen molar-refractivity contribution in [1.29, 1.82) is 0 Å². The third kappa shape index (κ3) is 9.01. The number of carboxylic acids is 2. The molecule has 1 saturated heterocycles. The Morgan fingerprint density at radius 2 is 1.49 bits per heavy atom. The summed E-state index contributed by atoms with van der Waals surface area (Å²) in [4.78, 5) is 73.6. The second-order valence-corrected chi connectivity index (χ2v) is 14.4. The van der Waals surface area contributed by atoms with Crippen LogP contribution < -0.4 is 10.6 Å². The first-order chi connectivity index (χ1) is 26.0. The maximum atomic E-state index is 14.3. The molecule has 13 nitrogen and oxygen atoms in total. The zero-order valence-electron chi connectivity index (χ0n) is 30.9. The summed E-state index contributed by atoms with van der Waals surface area (Å²) in [6.07, 6.45) is -12.1. The van der Waals surface area contributed by atoms with E-state index in [9.17, 15) is 64.9 Å². The first kappa shape index (κ1) is 44.1. The van der Waals surface area contributed by atoms with Crippen LogP contribution in [0, 0.1) is 12.7 Å². The third-order valence-electron chi connectivity index (χ3n) is 9.92. The van der Waals surface area contributed by atoms with E-state index >= 15 is 0 Å². The van der Waals surface area contributed by atoms with Crippen molar-refractivity contribution in [2.24, 2.45) is 5.73 Å². The Balaban J connectivity index is 1.85. The van der Waals surface area contributed by atoms with Gasteiger partial charge in [0.15, 0.2) is 5.60 Å². The number of hydroxylamine groups is 2. The number of aromatic nitrogens is 1. The highest BCUT2D eigenvalue weighted by atomic mass is 19.4. The SMILES string of the molecule is Cc1cc(F)ccc1-c1cc([C@H]2CC[C@](C)(C(N)=O)N2OC(=O)CC(O)(CC(=O)O)C(=O)O)ncc1N(C)C(=O)C(C)(C)c1cc(C(F)(F)F)cc(C(F)(F)F)c1. The average Bonchev–Trinajstić information content (AvgIpc) is 3.42. The fourth-order valence-electron chi connectivity index (χ4n) is 6.52. The summed E-state index contributed by atoms with van der Waals surface area (Å²) < 4.78 is 96.8. The fourth-order valence-corrected chi connectivity index (χ4v) is 6.52. The highest BCUT2D eigenvalue weighted by Gasteiger charge is 2.52. The Hall–Kier alpha value is -5.63. The van der Waals surface area contributed by atoms with Crippen LogP contribution in [0.1, 0.15) is 80.4 Å². The molecular formula is C37H37F7N4O9. The van der Waals surface area contributed by atoms with E-state index in [-0.39, 0.29) is 41.4 Å². The molecule has 20 heteroatoms. The molecule has 5 N–H and O–H groups in total. The number of aliphatic carboxylic acids is 2. The predicted molar refractivity (Wildman–Crippen MR) is 184 cm³/mol. The number of benzene rings is 2. The van der Waals surface area contributed by atoms with E-state index in [2.05, 4.69) is 4.98 Å². The maximum Gasteiger partial charge on any atom is 0.416 e. The number of aryl methyl sites for hydroxylation is 1. The average molecular weight is 815 g/mol. The van der Waals surface area contributed by atoms with E-state index in [1.54, 1.807) is 0 Å². The van der Waals surface area contributed by atoms with Crippen LogP contribution >= 0.6 is 0 Å². The second-order valence-electron chi connectivity index (χ2n) is 14.4. The topological polar surface area (TPSA) is 201 Å². The number of carbonyl (C=O) groups is 5. The largest absolute Gasteiger partial charge is 0.481 e. The number of primary amides is 1. The lowest BCUT2D eigenvalue weighted by molar-refractivity contribution is -0.226. The first-order valence-electron chi connectivity index (χ1n) is 16.8. The Labute approximate surface area is 319 Å². The number of pyridine rings is 1. The van der Waals surface area contributed by atoms with Gasteiger partial charge in [-0.25, -0.2) is 9.18 Å². The minimum absolute atomic E-state index is 0.0158. The van der Waals surface area contributed by atoms with E-state index in [1.807, 2.05) is 0 Å². The van der Waals surface area contributed by atoms with E-state index in [0.717, 1.165) is 42.1 Å². The van der Waals surface area contributed by atoms with Crippen LogP contribution in [0.5, 0.6) is 0 Å². The summed E-state index contributed by atoms with van der Waals surface area (Å²) in [5, 5.41) is 29.8. The van der Waals surface area contributed by atoms with Gasteiger partial charge in [0.05, 0.1) is 53.0 Å². The summed E-state index contributed by atoms with van der Waals surface area (Å²) in [5.41, 5.74) is -4.51. The van der Waals surface area contributed by atoms with Crippen molar-refractivity contribution in [2.75, 3.05) is 11.9 Å². The number of alkyl halides is 6. The Morgan fingerprint density at radius 1 is 0.930 bits per heavy atom. The van der Waals surface area contributed by atoms with E-state index < -0.39 is 100 Å². The second kappa shape index (κ2) is 15.4. The van der Waals surface area contributed by atoms with Gasteiger partial charge in [-0.15, -0.1) is 5.06 Å². The summed E-state index contributed by atoms with van der Waals surface area (Å²) >= 11 is 0. The van der Waals surface area contributed by atoms with Crippen molar-refractivity contribution in [3.8, 4) is 11.1 Å². The molecule has 1 aromatic heterocycles. The molecule has 2 aromatic carbocycles. The Bertz CT molecular complexity index is 2090. The zero-order valence-corrected chi connectivity index (χ0v) is 30.9. The highest BCUT2D eigenvalue weighted by Crippen LogP contribution is 2.46. The highest BCUT2D eigenvalue weighted by molar-refractivity contribution is 6.03. The van der Waals surface area contributed by atoms with Crippen LogP contribution in [0.3, 0.4) is 0 Å². The molecular weight excluding hydrogens is 777 g/mol. The van der Waals surface area contributed by atoms with Gasteiger partial charge in [-0.3, -0.25) is 24.2 Å². The number of carbonyl (C=O) groups excluding carboxylic acids is 3. The van der Waals surface area contributed by atoms with Crippen molar-refractivity contribution in [3.63, 3.8) is 0 Å². The number of anilines is 1. The normalized spacial score (nSPS) is 18.8. The standard InChI is InChI=1S/C37H37F7N4O9/c1-18-10-22(38)6-7-23(18)24-14-25(26-8-9-34(4,30(45)52)48(26)57-29(51)16-35(56,32(54)55)15-28(49)50)46-17-27(24)47(5)31(53)33(2,3)19-11-20(36(39,40)41)13-21(12-19)37(42,43)44/h6-7,10-14,17,26,56H,8-9,15-16H2,1-5H3,(H2,45,52)(H,49,50)(H,54,55)/t26-,34-,35?/m1/s1. The van der Waals surface area contributed by atoms with Crippen LogP contribution in [-0.2, 0) is 46.6 Å². The summed E-state index contributed by atoms with van der Waals surface area (Å²) in [7, 11) is 1.19. The minimum atomic E-state index is -5.20. The number of halogens is 7. The molecule has 0 aliphatic carbocycles. The van der Waals surface area contributed by atoms with E-state index in [4.69, 9.17) is 15.7 Å². The smallest absolute Gasteiger partial charge is 0.416 e. The molecule has 0 bridgehead atoms. The Kier molecular flexibility index (Phi) is 11.9. The lowest BCUT2D eigenvalue weighted by atomic mass is 9.81. The number of aliphatic hydroxyl groups is 1. The number of hydrogen-bond acceptors (Lipinski definition) is 9. The summed E-state index contributed by atoms with van der Waals surface area (Å²) in [6, 6.07) is 4.55. The van der Waals surface area contributed by atoms with Gasteiger partial charge in [-0.2, -0.15) is 26.3 Å². The molecule has 0 saturated carbocycles. The molecule has 0 radical (unpaired) electrons. The summed E-state index contributed by atoms with van der Waals surface area (Å²) in [6.45, 7) is 5.05. The molecule has 3 atom stereocenters. The van der Waals surface area contributed by atoms with Gasteiger partial charge in [0.2, 0.25) is 11.8 Å². The van der Waals surface area contributed by atoms with Crippen LogP contribution in [-0.4, -0.2) is 73.3 Å². The van der Waals surface area contributed by atoms with Gasteiger partial charge in [0.25, 0.3) is 0 Å². The molecule has 0 spiro atoms. The van der Waals surface area contributed by atoms with Crippen LogP contribution in [0.2, 0.25) is 0 Å². The molecule has 57 heavy (non-hydrogen) atoms. The van der Waals surface area contributed by atoms with E-state index in [1.165, 1.54) is 33.0 Å². The molecule has 2 heterocycles. The van der Waals surface area contributed by atoms with Gasteiger partial charge in [0, 0.05) is 12.6 Å². The van der Waals surface area contributed by atoms with Gasteiger partial charge < -0.3 is 30.8 Å². The van der Waals surface area contributed by atoms with Crippen molar-refractivity contribution >= 4 is 35.4 Å². The van der Waals surface area contributed by atoms with Crippen LogP contribution in [0.15, 0.2) is 48.7 Å². The van der Waals surface area contributed by atoms with Crippen molar-refractivity contribution in [3.05, 3.63) is 82.4 Å². The number of likely N-dealkylation sites (N-methyl/N-ethyl adjacent to an activating group) is 1. The number of hydrogen-bond donors (Lipinski definition) is 4.